The molecule has 3 N–H and O–H groups in total. The number of hydrogen-bond acceptors (Lipinski definition) is 7. The summed E-state index contributed by atoms with van der Waals surface area (Å²) in [4.78, 5) is 25.6. The fourth-order valence-corrected chi connectivity index (χ4v) is 2.52. The Hall–Kier alpha value is -2.36. The number of nitro groups is 1. The Balaban J connectivity index is 2.34. The van der Waals surface area contributed by atoms with Crippen molar-refractivity contribution in [3.05, 3.63) is 32.7 Å². The number of nitrogens with two attached hydrogens (primary N) is 1. The van der Waals surface area contributed by atoms with Crippen molar-refractivity contribution in [2.45, 2.75) is 30.1 Å². The van der Waals surface area contributed by atoms with Gasteiger partial charge >= 0.3 is 11.4 Å². The van der Waals surface area contributed by atoms with E-state index in [9.17, 15) is 14.9 Å². The summed E-state index contributed by atoms with van der Waals surface area (Å²) in [5.74, 6) is -0.172. The molecule has 0 unspecified atom stereocenters. The van der Waals surface area contributed by atoms with Gasteiger partial charge in [0, 0.05) is 12.1 Å². The molecule has 0 bridgehead atoms. The molecule has 0 aromatic carbocycles. The first-order chi connectivity index (χ1) is 9.40. The van der Waals surface area contributed by atoms with Crippen LogP contribution in [0.3, 0.4) is 0 Å². The van der Waals surface area contributed by atoms with Crippen LogP contribution in [-0.2, 0) is 0 Å². The van der Waals surface area contributed by atoms with Crippen LogP contribution >= 0.6 is 11.8 Å². The number of nitrogens with one attached hydrogen (secondary N) is 1. The molecule has 0 fully saturated rings. The van der Waals surface area contributed by atoms with E-state index in [-0.39, 0.29) is 23.2 Å². The number of nitrogen functional groups attached to an aromatic ring is 1. The summed E-state index contributed by atoms with van der Waals surface area (Å²) in [5.41, 5.74) is 4.94. The molecule has 0 radical (unpaired) electrons. The molecule has 0 aliphatic heterocycles. The van der Waals surface area contributed by atoms with Crippen LogP contribution in [0.25, 0.3) is 0 Å². The van der Waals surface area contributed by atoms with E-state index in [2.05, 4.69) is 15.2 Å². The topological polar surface area (TPSA) is 133 Å². The summed E-state index contributed by atoms with van der Waals surface area (Å²) >= 11 is 1.10. The van der Waals surface area contributed by atoms with E-state index in [1.807, 2.05) is 13.8 Å². The van der Waals surface area contributed by atoms with Gasteiger partial charge in [-0.15, -0.1) is 5.10 Å². The summed E-state index contributed by atoms with van der Waals surface area (Å²) in [7, 11) is 0. The third-order valence-corrected chi connectivity index (χ3v) is 3.36. The van der Waals surface area contributed by atoms with Crippen molar-refractivity contribution < 1.29 is 4.92 Å². The number of rotatable bonds is 4. The van der Waals surface area contributed by atoms with Gasteiger partial charge in [0.15, 0.2) is 5.16 Å². The van der Waals surface area contributed by atoms with Crippen LogP contribution in [-0.4, -0.2) is 24.7 Å². The average Bonchev–Trinajstić information content (AvgIpc) is 2.70. The summed E-state index contributed by atoms with van der Waals surface area (Å²) in [6.45, 7) is 3.69. The lowest BCUT2D eigenvalue weighted by molar-refractivity contribution is -0.384. The largest absolute Gasteiger partial charge is 0.378 e. The molecule has 20 heavy (non-hydrogen) atoms. The third kappa shape index (κ3) is 2.64. The smallest absolute Gasteiger partial charge is 0.344 e. The van der Waals surface area contributed by atoms with Gasteiger partial charge in [0.1, 0.15) is 5.03 Å². The average molecular weight is 296 g/mol. The van der Waals surface area contributed by atoms with Gasteiger partial charge in [0.25, 0.3) is 0 Å². The van der Waals surface area contributed by atoms with Crippen LogP contribution in [0, 0.1) is 10.1 Å². The summed E-state index contributed by atoms with van der Waals surface area (Å²) in [5, 5.41) is 17.7. The number of pyridine rings is 1. The molecule has 9 nitrogen and oxygen atoms in total. The predicted octanol–water partition coefficient (Wildman–Crippen LogP) is 1.19. The van der Waals surface area contributed by atoms with Crippen molar-refractivity contribution in [2.24, 2.45) is 0 Å². The van der Waals surface area contributed by atoms with Crippen molar-refractivity contribution in [2.75, 3.05) is 5.73 Å². The minimum atomic E-state index is -0.602. The molecule has 0 aliphatic carbocycles. The number of H-pyrrole nitrogens is 1. The minimum absolute atomic E-state index is 0.0702. The number of nitrogens with zero attached hydrogens (tertiary/aromatic N) is 4. The zero-order chi connectivity index (χ0) is 14.9. The Labute approximate surface area is 117 Å². The van der Waals surface area contributed by atoms with E-state index < -0.39 is 4.92 Å². The Bertz CT molecular complexity index is 707. The monoisotopic (exact) mass is 296 g/mol. The van der Waals surface area contributed by atoms with E-state index in [1.54, 1.807) is 0 Å². The lowest BCUT2D eigenvalue weighted by Crippen LogP contribution is -2.19. The Morgan fingerprint density at radius 1 is 1.50 bits per heavy atom. The third-order valence-electron chi connectivity index (χ3n) is 2.46. The highest BCUT2D eigenvalue weighted by atomic mass is 32.2. The summed E-state index contributed by atoms with van der Waals surface area (Å²) < 4.78 is 1.46. The van der Waals surface area contributed by atoms with Gasteiger partial charge in [-0.3, -0.25) is 14.7 Å². The fourth-order valence-electron chi connectivity index (χ4n) is 1.57. The van der Waals surface area contributed by atoms with E-state index in [0.717, 1.165) is 11.8 Å². The van der Waals surface area contributed by atoms with Gasteiger partial charge in [0.2, 0.25) is 5.82 Å². The molecule has 10 heteroatoms. The van der Waals surface area contributed by atoms with Gasteiger partial charge < -0.3 is 5.73 Å². The molecule has 2 aromatic rings. The molecular formula is C10H12N6O3S. The molecule has 0 spiro atoms. The fraction of sp³-hybridized carbons (Fsp3) is 0.300. The quantitative estimate of drug-likeness (QED) is 0.639. The first-order valence-electron chi connectivity index (χ1n) is 5.66. The van der Waals surface area contributed by atoms with Gasteiger partial charge in [-0.1, -0.05) is 0 Å². The first kappa shape index (κ1) is 14.1. The van der Waals surface area contributed by atoms with Crippen molar-refractivity contribution >= 4 is 23.3 Å². The first-order valence-corrected chi connectivity index (χ1v) is 6.47. The Morgan fingerprint density at radius 3 is 2.75 bits per heavy atom. The molecule has 2 heterocycles. The Kier molecular flexibility index (Phi) is 3.74. The molecule has 0 aliphatic rings. The van der Waals surface area contributed by atoms with E-state index in [0.29, 0.717) is 10.2 Å². The highest BCUT2D eigenvalue weighted by Crippen LogP contribution is 2.28. The second-order valence-corrected chi connectivity index (χ2v) is 5.18. The number of anilines is 1. The SMILES string of the molecule is CC(C)n1c(Sc2ccc([N+](=O)[O-])c(N)n2)n[nH]c1=O. The van der Waals surface area contributed by atoms with Crippen LogP contribution in [0.2, 0.25) is 0 Å². The maximum atomic E-state index is 11.6. The van der Waals surface area contributed by atoms with Gasteiger partial charge in [-0.25, -0.2) is 14.9 Å². The molecule has 2 aromatic heterocycles. The highest BCUT2D eigenvalue weighted by molar-refractivity contribution is 7.99. The predicted molar refractivity (Wildman–Crippen MR) is 72.7 cm³/mol. The van der Waals surface area contributed by atoms with E-state index >= 15 is 0 Å². The lowest BCUT2D eigenvalue weighted by atomic mass is 10.4. The van der Waals surface area contributed by atoms with Crippen LogP contribution in [0.1, 0.15) is 19.9 Å². The maximum absolute atomic E-state index is 11.6. The van der Waals surface area contributed by atoms with E-state index in [4.69, 9.17) is 5.73 Å². The molecule has 2 rings (SSSR count). The number of hydrogen-bond donors (Lipinski definition) is 2. The zero-order valence-corrected chi connectivity index (χ0v) is 11.5. The van der Waals surface area contributed by atoms with Crippen LogP contribution < -0.4 is 11.4 Å². The van der Waals surface area contributed by atoms with Gasteiger partial charge in [0.05, 0.1) is 4.92 Å². The second kappa shape index (κ2) is 5.33. The highest BCUT2D eigenvalue weighted by Gasteiger charge is 2.17. The zero-order valence-electron chi connectivity index (χ0n) is 10.7. The van der Waals surface area contributed by atoms with E-state index in [1.165, 1.54) is 16.7 Å². The minimum Gasteiger partial charge on any atom is -0.378 e. The maximum Gasteiger partial charge on any atom is 0.344 e. The standard InChI is InChI=1S/C10H12N6O3S/c1-5(2)15-9(17)13-14-10(15)20-7-4-3-6(16(18)19)8(11)12-7/h3-5H,1-2H3,(H2,11,12)(H,13,17). The van der Waals surface area contributed by atoms with Crippen molar-refractivity contribution in [3.63, 3.8) is 0 Å². The summed E-state index contributed by atoms with van der Waals surface area (Å²) in [6.07, 6.45) is 0. The number of aromatic amines is 1. The van der Waals surface area contributed by atoms with Crippen LogP contribution in [0.4, 0.5) is 11.5 Å². The van der Waals surface area contributed by atoms with Crippen LogP contribution in [0.5, 0.6) is 0 Å². The normalized spacial score (nSPS) is 10.9. The molecule has 0 saturated carbocycles. The summed E-state index contributed by atoms with van der Waals surface area (Å²) in [6, 6.07) is 2.66. The molecule has 0 saturated heterocycles. The van der Waals surface area contributed by atoms with Crippen LogP contribution in [0.15, 0.2) is 27.1 Å². The number of aromatic nitrogens is 4. The van der Waals surface area contributed by atoms with Gasteiger partial charge in [-0.05, 0) is 31.7 Å². The Morgan fingerprint density at radius 2 is 2.20 bits per heavy atom. The van der Waals surface area contributed by atoms with Crippen molar-refractivity contribution in [3.8, 4) is 0 Å². The van der Waals surface area contributed by atoms with Crippen molar-refractivity contribution in [1.29, 1.82) is 0 Å². The molecule has 106 valence electrons. The molecule has 0 amide bonds. The second-order valence-electron chi connectivity index (χ2n) is 4.19. The molecular weight excluding hydrogens is 284 g/mol. The van der Waals surface area contributed by atoms with Crippen molar-refractivity contribution in [1.82, 2.24) is 19.7 Å². The van der Waals surface area contributed by atoms with Gasteiger partial charge in [-0.2, -0.15) is 0 Å². The molecule has 0 atom stereocenters. The lowest BCUT2D eigenvalue weighted by Gasteiger charge is -2.08.